The Morgan fingerprint density at radius 3 is 2.33 bits per heavy atom. The van der Waals surface area contributed by atoms with Crippen LogP contribution < -0.4 is 10.6 Å². The number of aromatic nitrogens is 2. The topological polar surface area (TPSA) is 131 Å². The summed E-state index contributed by atoms with van der Waals surface area (Å²) < 4.78 is 44.8. The summed E-state index contributed by atoms with van der Waals surface area (Å²) in [7, 11) is -4.01. The van der Waals surface area contributed by atoms with E-state index in [1.54, 1.807) is 54.6 Å². The van der Waals surface area contributed by atoms with E-state index in [2.05, 4.69) is 20.6 Å². The minimum absolute atomic E-state index is 0.0126. The lowest BCUT2D eigenvalue weighted by atomic mass is 10.2. The fraction of sp³-hybridized carbons (Fsp3) is 0.0370. The molecular weight excluding hydrogens is 547 g/mol. The van der Waals surface area contributed by atoms with Gasteiger partial charge in [-0.05, 0) is 42.0 Å². The molecule has 5 rings (SSSR count). The predicted molar refractivity (Wildman–Crippen MR) is 143 cm³/mol. The van der Waals surface area contributed by atoms with E-state index >= 15 is 0 Å². The number of fused-ring (bicyclic) bond motifs is 1. The van der Waals surface area contributed by atoms with Gasteiger partial charge in [0, 0.05) is 11.1 Å². The maximum Gasteiger partial charge on any atom is 0.293 e. The van der Waals surface area contributed by atoms with E-state index in [1.807, 2.05) is 0 Å². The number of amides is 2. The molecule has 0 fully saturated rings. The summed E-state index contributed by atoms with van der Waals surface area (Å²) in [6.07, 6.45) is 1.02. The zero-order valence-electron chi connectivity index (χ0n) is 19.9. The number of furan rings is 1. The Hall–Kier alpha value is -4.61. The van der Waals surface area contributed by atoms with Crippen LogP contribution in [0.25, 0.3) is 11.0 Å². The molecule has 5 aromatic rings. The molecule has 2 amide bonds. The zero-order valence-corrected chi connectivity index (χ0v) is 21.5. The van der Waals surface area contributed by atoms with E-state index in [0.717, 1.165) is 6.20 Å². The lowest BCUT2D eigenvalue weighted by Crippen LogP contribution is -2.20. The van der Waals surface area contributed by atoms with Gasteiger partial charge in [0.1, 0.15) is 17.1 Å². The number of anilines is 2. The van der Waals surface area contributed by atoms with Crippen LogP contribution in [0.3, 0.4) is 0 Å². The SMILES string of the molecule is O=C(Nc1c(C(=O)Nc2ccc(F)cc2)oc2ccccc12)c1nc(S(=O)(=O)Cc2ccccc2)ncc1Cl. The molecule has 0 aliphatic rings. The zero-order chi connectivity index (χ0) is 27.6. The minimum atomic E-state index is -4.01. The molecule has 0 unspecified atom stereocenters. The number of hydrogen-bond donors (Lipinski definition) is 2. The summed E-state index contributed by atoms with van der Waals surface area (Å²) in [5, 5.41) is 4.78. The first-order valence-corrected chi connectivity index (χ1v) is 13.4. The minimum Gasteiger partial charge on any atom is -0.449 e. The fourth-order valence-electron chi connectivity index (χ4n) is 3.74. The molecule has 39 heavy (non-hydrogen) atoms. The van der Waals surface area contributed by atoms with Crippen molar-refractivity contribution in [3.05, 3.63) is 113 Å². The van der Waals surface area contributed by atoms with Crippen LogP contribution in [0, 0.1) is 5.82 Å². The van der Waals surface area contributed by atoms with E-state index in [1.165, 1.54) is 24.3 Å². The Kier molecular flexibility index (Phi) is 7.09. The van der Waals surface area contributed by atoms with Crippen molar-refractivity contribution in [2.75, 3.05) is 10.6 Å². The lowest BCUT2D eigenvalue weighted by molar-refractivity contribution is 0.0999. The number of carbonyl (C=O) groups is 2. The van der Waals surface area contributed by atoms with E-state index in [-0.39, 0.29) is 22.2 Å². The normalized spacial score (nSPS) is 11.3. The van der Waals surface area contributed by atoms with E-state index < -0.39 is 38.3 Å². The quantitative estimate of drug-likeness (QED) is 0.250. The number of halogens is 2. The molecule has 0 atom stereocenters. The van der Waals surface area contributed by atoms with Gasteiger partial charge in [-0.1, -0.05) is 54.1 Å². The summed E-state index contributed by atoms with van der Waals surface area (Å²) in [5.41, 5.74) is 0.721. The average Bonchev–Trinajstić information content (AvgIpc) is 3.29. The molecule has 12 heteroatoms. The van der Waals surface area contributed by atoms with Crippen molar-refractivity contribution in [3.8, 4) is 0 Å². The molecule has 0 bridgehead atoms. The number of hydrogen-bond acceptors (Lipinski definition) is 7. The monoisotopic (exact) mass is 564 g/mol. The highest BCUT2D eigenvalue weighted by Crippen LogP contribution is 2.32. The first kappa shape index (κ1) is 26.0. The van der Waals surface area contributed by atoms with Gasteiger partial charge in [-0.3, -0.25) is 9.59 Å². The van der Waals surface area contributed by atoms with Gasteiger partial charge in [0.25, 0.3) is 11.8 Å². The van der Waals surface area contributed by atoms with Crippen LogP contribution >= 0.6 is 11.6 Å². The van der Waals surface area contributed by atoms with Crippen LogP contribution in [0.1, 0.15) is 26.6 Å². The van der Waals surface area contributed by atoms with Crippen molar-refractivity contribution in [2.45, 2.75) is 10.9 Å². The highest BCUT2D eigenvalue weighted by Gasteiger charge is 2.26. The third kappa shape index (κ3) is 5.64. The smallest absolute Gasteiger partial charge is 0.293 e. The second-order valence-corrected chi connectivity index (χ2v) is 10.6. The van der Waals surface area contributed by atoms with E-state index in [9.17, 15) is 22.4 Å². The van der Waals surface area contributed by atoms with Gasteiger partial charge in [0.05, 0.1) is 17.0 Å². The summed E-state index contributed by atoms with van der Waals surface area (Å²) in [5.74, 6) is -2.70. The summed E-state index contributed by atoms with van der Waals surface area (Å²) in [4.78, 5) is 34.1. The summed E-state index contributed by atoms with van der Waals surface area (Å²) in [6, 6.07) is 20.1. The van der Waals surface area contributed by atoms with Crippen molar-refractivity contribution in [1.82, 2.24) is 9.97 Å². The van der Waals surface area contributed by atoms with E-state index in [4.69, 9.17) is 16.0 Å². The molecule has 2 N–H and O–H groups in total. The predicted octanol–water partition coefficient (Wildman–Crippen LogP) is 5.49. The van der Waals surface area contributed by atoms with Gasteiger partial charge < -0.3 is 15.1 Å². The first-order chi connectivity index (χ1) is 18.7. The Morgan fingerprint density at radius 2 is 1.59 bits per heavy atom. The standard InChI is InChI=1S/C27H18ClFN4O5S/c28-20-14-30-27(39(36,37)15-16-6-2-1-3-7-16)33-23(20)25(34)32-22-19-8-4-5-9-21(19)38-24(22)26(35)31-18-12-10-17(29)11-13-18/h1-14H,15H2,(H,31,35)(H,32,34). The summed E-state index contributed by atoms with van der Waals surface area (Å²) in [6.45, 7) is 0. The van der Waals surface area contributed by atoms with Gasteiger partial charge in [-0.25, -0.2) is 22.8 Å². The third-order valence-corrected chi connectivity index (χ3v) is 7.30. The highest BCUT2D eigenvalue weighted by atomic mass is 35.5. The van der Waals surface area contributed by atoms with Crippen molar-refractivity contribution in [2.24, 2.45) is 0 Å². The second-order valence-electron chi connectivity index (χ2n) is 8.31. The number of nitrogens with zero attached hydrogens (tertiary/aromatic N) is 2. The molecule has 0 saturated heterocycles. The maximum absolute atomic E-state index is 13.3. The van der Waals surface area contributed by atoms with Gasteiger partial charge in [0.15, 0.2) is 5.69 Å². The van der Waals surface area contributed by atoms with Gasteiger partial charge in [-0.15, -0.1) is 0 Å². The van der Waals surface area contributed by atoms with Gasteiger partial charge in [0.2, 0.25) is 20.8 Å². The van der Waals surface area contributed by atoms with Crippen LogP contribution in [-0.4, -0.2) is 30.2 Å². The molecular formula is C27H18ClFN4O5S. The Bertz CT molecular complexity index is 1810. The maximum atomic E-state index is 13.3. The second kappa shape index (κ2) is 10.6. The lowest BCUT2D eigenvalue weighted by Gasteiger charge is -2.09. The largest absolute Gasteiger partial charge is 0.449 e. The molecule has 9 nitrogen and oxygen atoms in total. The van der Waals surface area contributed by atoms with Crippen LogP contribution in [-0.2, 0) is 15.6 Å². The van der Waals surface area contributed by atoms with Crippen LogP contribution in [0.5, 0.6) is 0 Å². The Morgan fingerprint density at radius 1 is 0.897 bits per heavy atom. The fourth-order valence-corrected chi connectivity index (χ4v) is 5.12. The number of para-hydroxylation sites is 1. The van der Waals surface area contributed by atoms with Crippen molar-refractivity contribution < 1.29 is 26.8 Å². The number of sulfone groups is 1. The number of nitrogens with one attached hydrogen (secondary N) is 2. The third-order valence-electron chi connectivity index (χ3n) is 5.56. The molecule has 0 spiro atoms. The number of rotatable bonds is 7. The van der Waals surface area contributed by atoms with Crippen molar-refractivity contribution in [1.29, 1.82) is 0 Å². The molecule has 0 saturated carbocycles. The molecule has 3 aromatic carbocycles. The number of carbonyl (C=O) groups excluding carboxylic acids is 2. The molecule has 0 aliphatic heterocycles. The van der Waals surface area contributed by atoms with Crippen molar-refractivity contribution in [3.63, 3.8) is 0 Å². The van der Waals surface area contributed by atoms with Crippen LogP contribution in [0.4, 0.5) is 15.8 Å². The number of benzene rings is 3. The highest BCUT2D eigenvalue weighted by molar-refractivity contribution is 7.90. The van der Waals surface area contributed by atoms with Gasteiger partial charge in [-0.2, -0.15) is 0 Å². The van der Waals surface area contributed by atoms with Crippen LogP contribution in [0.2, 0.25) is 5.02 Å². The average molecular weight is 565 g/mol. The molecule has 2 heterocycles. The Labute approximate surface area is 226 Å². The molecule has 196 valence electrons. The Balaban J connectivity index is 1.47. The first-order valence-electron chi connectivity index (χ1n) is 11.4. The molecule has 0 aliphatic carbocycles. The molecule has 2 aromatic heterocycles. The summed E-state index contributed by atoms with van der Waals surface area (Å²) >= 11 is 6.17. The van der Waals surface area contributed by atoms with E-state index in [0.29, 0.717) is 22.2 Å². The molecule has 0 radical (unpaired) electrons. The van der Waals surface area contributed by atoms with Crippen LogP contribution in [0.15, 0.2) is 94.6 Å². The van der Waals surface area contributed by atoms with Crippen molar-refractivity contribution >= 4 is 55.6 Å². The van der Waals surface area contributed by atoms with Gasteiger partial charge >= 0.3 is 0 Å².